The van der Waals surface area contributed by atoms with Crippen LogP contribution < -0.4 is 4.72 Å². The highest BCUT2D eigenvalue weighted by atomic mass is 32.2. The van der Waals surface area contributed by atoms with Crippen LogP contribution in [0.15, 0.2) is 63.2 Å². The number of rotatable bonds is 6. The topological polar surface area (TPSA) is 101 Å². The van der Waals surface area contributed by atoms with Gasteiger partial charge in [-0.2, -0.15) is 13.2 Å². The first-order valence-corrected chi connectivity index (χ1v) is 10.5. The van der Waals surface area contributed by atoms with Gasteiger partial charge in [0.1, 0.15) is 0 Å². The summed E-state index contributed by atoms with van der Waals surface area (Å²) in [6, 6.07) is 7.43. The molecular weight excluding hydrogens is 407 g/mol. The van der Waals surface area contributed by atoms with Gasteiger partial charge in [-0.25, -0.2) is 21.6 Å². The first-order valence-electron chi connectivity index (χ1n) is 7.54. The van der Waals surface area contributed by atoms with Crippen LogP contribution in [0.5, 0.6) is 0 Å². The van der Waals surface area contributed by atoms with Crippen molar-refractivity contribution in [2.45, 2.75) is 33.8 Å². The molecule has 148 valence electrons. The second-order valence-corrected chi connectivity index (χ2v) is 9.31. The summed E-state index contributed by atoms with van der Waals surface area (Å²) in [5.41, 5.74) is -1.51. The molecule has 2 rings (SSSR count). The third kappa shape index (κ3) is 4.67. The molecule has 0 heterocycles. The van der Waals surface area contributed by atoms with E-state index in [1.54, 1.807) is 6.07 Å². The summed E-state index contributed by atoms with van der Waals surface area (Å²) in [5, 5.41) is 8.96. The Labute approximate surface area is 154 Å². The molecule has 6 nitrogen and oxygen atoms in total. The molecule has 2 aromatic carbocycles. The Morgan fingerprint density at radius 1 is 1.00 bits per heavy atom. The van der Waals surface area contributed by atoms with E-state index >= 15 is 0 Å². The van der Waals surface area contributed by atoms with Gasteiger partial charge >= 0.3 is 6.18 Å². The quantitative estimate of drug-likeness (QED) is 0.742. The van der Waals surface area contributed by atoms with Gasteiger partial charge in [0.2, 0.25) is 19.9 Å². The van der Waals surface area contributed by atoms with Crippen molar-refractivity contribution in [2.75, 3.05) is 6.61 Å². The summed E-state index contributed by atoms with van der Waals surface area (Å²) in [4.78, 5) is -2.02. The van der Waals surface area contributed by atoms with Gasteiger partial charge in [-0.3, -0.25) is 0 Å². The average molecular weight is 423 g/mol. The minimum atomic E-state index is -5.03. The van der Waals surface area contributed by atoms with E-state index in [2.05, 4.69) is 0 Å². The summed E-state index contributed by atoms with van der Waals surface area (Å²) >= 11 is 0. The number of hydrogen-bond acceptors (Lipinski definition) is 5. The molecule has 0 aliphatic rings. The van der Waals surface area contributed by atoms with Gasteiger partial charge in [0.15, 0.2) is 0 Å². The summed E-state index contributed by atoms with van der Waals surface area (Å²) in [6.07, 6.45) is -5.03. The third-order valence-corrected chi connectivity index (χ3v) is 6.94. The third-order valence-electron chi connectivity index (χ3n) is 3.54. The summed E-state index contributed by atoms with van der Waals surface area (Å²) < 4.78 is 91.6. The van der Waals surface area contributed by atoms with Crippen molar-refractivity contribution in [3.63, 3.8) is 0 Å². The first kappa shape index (κ1) is 21.4. The van der Waals surface area contributed by atoms with Crippen molar-refractivity contribution in [2.24, 2.45) is 0 Å². The van der Waals surface area contributed by atoms with Gasteiger partial charge < -0.3 is 5.11 Å². The molecule has 0 saturated heterocycles. The lowest BCUT2D eigenvalue weighted by Crippen LogP contribution is -2.36. The molecule has 0 aromatic heterocycles. The molecule has 0 spiro atoms. The largest absolute Gasteiger partial charge is 0.417 e. The zero-order valence-corrected chi connectivity index (χ0v) is 15.6. The Hall–Kier alpha value is -1.95. The lowest BCUT2D eigenvalue weighted by atomic mass is 10.2. The van der Waals surface area contributed by atoms with Crippen molar-refractivity contribution in [1.29, 1.82) is 0 Å². The number of sulfone groups is 1. The van der Waals surface area contributed by atoms with Crippen LogP contribution in [0.2, 0.25) is 0 Å². The Bertz CT molecular complexity index is 1020. The van der Waals surface area contributed by atoms with Crippen LogP contribution in [0.25, 0.3) is 0 Å². The highest BCUT2D eigenvalue weighted by molar-refractivity contribution is 7.91. The van der Waals surface area contributed by atoms with Gasteiger partial charge in [-0.05, 0) is 37.3 Å². The average Bonchev–Trinajstić information content (AvgIpc) is 2.60. The first-order chi connectivity index (χ1) is 12.4. The molecular formula is C16H16F3NO5S2. The van der Waals surface area contributed by atoms with E-state index in [4.69, 9.17) is 5.11 Å². The minimum absolute atomic E-state index is 0.190. The Kier molecular flexibility index (Phi) is 6.00. The molecule has 27 heavy (non-hydrogen) atoms. The van der Waals surface area contributed by atoms with E-state index < -0.39 is 54.0 Å². The lowest BCUT2D eigenvalue weighted by molar-refractivity contribution is -0.139. The van der Waals surface area contributed by atoms with E-state index in [0.29, 0.717) is 18.2 Å². The Morgan fingerprint density at radius 3 is 2.11 bits per heavy atom. The maximum Gasteiger partial charge on any atom is 0.417 e. The van der Waals surface area contributed by atoms with Crippen LogP contribution in [0.1, 0.15) is 12.5 Å². The van der Waals surface area contributed by atoms with E-state index in [1.165, 1.54) is 31.2 Å². The van der Waals surface area contributed by atoms with E-state index in [-0.39, 0.29) is 4.90 Å². The van der Waals surface area contributed by atoms with Crippen LogP contribution in [0, 0.1) is 0 Å². The number of aliphatic hydroxyl groups is 1. The van der Waals surface area contributed by atoms with E-state index in [9.17, 15) is 30.0 Å². The van der Waals surface area contributed by atoms with Crippen molar-refractivity contribution >= 4 is 19.9 Å². The number of hydrogen-bond donors (Lipinski definition) is 2. The highest BCUT2D eigenvalue weighted by Gasteiger charge is 2.38. The van der Waals surface area contributed by atoms with Gasteiger partial charge in [0, 0.05) is 6.04 Å². The van der Waals surface area contributed by atoms with Gasteiger partial charge in [0.25, 0.3) is 0 Å². The molecule has 1 atom stereocenters. The minimum Gasteiger partial charge on any atom is -0.395 e. The van der Waals surface area contributed by atoms with Crippen LogP contribution in [-0.4, -0.2) is 34.6 Å². The van der Waals surface area contributed by atoms with Crippen LogP contribution in [-0.2, 0) is 26.0 Å². The molecule has 0 saturated carbocycles. The molecule has 0 amide bonds. The van der Waals surface area contributed by atoms with Crippen LogP contribution in [0.3, 0.4) is 0 Å². The van der Waals surface area contributed by atoms with Gasteiger partial charge in [-0.15, -0.1) is 0 Å². The van der Waals surface area contributed by atoms with Crippen molar-refractivity contribution in [3.05, 3.63) is 54.1 Å². The molecule has 0 bridgehead atoms. The molecule has 0 radical (unpaired) electrons. The molecule has 11 heteroatoms. The Morgan fingerprint density at radius 2 is 1.59 bits per heavy atom. The predicted octanol–water partition coefficient (Wildman–Crippen LogP) is 2.20. The molecule has 2 aromatic rings. The monoisotopic (exact) mass is 423 g/mol. The van der Waals surface area contributed by atoms with Crippen molar-refractivity contribution < 1.29 is 35.1 Å². The number of sulfonamides is 1. The van der Waals surface area contributed by atoms with E-state index in [0.717, 1.165) is 0 Å². The van der Waals surface area contributed by atoms with E-state index in [1.807, 2.05) is 4.72 Å². The number of nitrogens with one attached hydrogen (secondary N) is 1. The normalized spacial score (nSPS) is 14.1. The second kappa shape index (κ2) is 7.58. The fourth-order valence-electron chi connectivity index (χ4n) is 2.23. The standard InChI is InChI=1S/C16H16F3NO5S2/c1-11(10-21)20-27(24,25)15-9-13(7-8-14(15)16(17,18)19)26(22,23)12-5-3-2-4-6-12/h2-9,11,20-21H,10H2,1H3. The molecule has 0 aliphatic carbocycles. The smallest absolute Gasteiger partial charge is 0.395 e. The second-order valence-electron chi connectivity index (χ2n) is 5.68. The molecule has 0 fully saturated rings. The fraction of sp³-hybridized carbons (Fsp3) is 0.250. The zero-order chi connectivity index (χ0) is 20.5. The zero-order valence-electron chi connectivity index (χ0n) is 13.9. The van der Waals surface area contributed by atoms with Crippen molar-refractivity contribution in [1.82, 2.24) is 4.72 Å². The van der Waals surface area contributed by atoms with Crippen LogP contribution >= 0.6 is 0 Å². The van der Waals surface area contributed by atoms with Crippen LogP contribution in [0.4, 0.5) is 13.2 Å². The summed E-state index contributed by atoms with van der Waals surface area (Å²) in [7, 11) is -8.97. The Balaban J connectivity index is 2.69. The summed E-state index contributed by atoms with van der Waals surface area (Å²) in [6.45, 7) is 0.595. The van der Waals surface area contributed by atoms with Crippen molar-refractivity contribution in [3.8, 4) is 0 Å². The number of aliphatic hydroxyl groups excluding tert-OH is 1. The number of benzene rings is 2. The summed E-state index contributed by atoms with van der Waals surface area (Å²) in [5.74, 6) is 0. The molecule has 2 N–H and O–H groups in total. The number of halogens is 3. The maximum absolute atomic E-state index is 13.3. The number of alkyl halides is 3. The van der Waals surface area contributed by atoms with Gasteiger partial charge in [-0.1, -0.05) is 18.2 Å². The predicted molar refractivity (Wildman–Crippen MR) is 90.2 cm³/mol. The highest BCUT2D eigenvalue weighted by Crippen LogP contribution is 2.36. The molecule has 1 unspecified atom stereocenters. The SMILES string of the molecule is CC(CO)NS(=O)(=O)c1cc(S(=O)(=O)c2ccccc2)ccc1C(F)(F)F. The maximum atomic E-state index is 13.3. The van der Waals surface area contributed by atoms with Gasteiger partial charge in [0.05, 0.1) is 26.9 Å². The lowest BCUT2D eigenvalue weighted by Gasteiger charge is -2.17. The molecule has 0 aliphatic heterocycles. The fourth-order valence-corrected chi connectivity index (χ4v) is 5.10.